The number of piperidine rings is 1. The Labute approximate surface area is 185 Å². The molecule has 7 heteroatoms. The number of nitrogens with one attached hydrogen (secondary N) is 1. The highest BCUT2D eigenvalue weighted by Crippen LogP contribution is 2.36. The molecular formula is C25H26F3N3O. The first-order valence-electron chi connectivity index (χ1n) is 10.6. The van der Waals surface area contributed by atoms with Gasteiger partial charge in [-0.3, -0.25) is 0 Å². The predicted octanol–water partition coefficient (Wildman–Crippen LogP) is 5.19. The number of ether oxygens (including phenoxy) is 1. The lowest BCUT2D eigenvalue weighted by Crippen LogP contribution is -2.43. The summed E-state index contributed by atoms with van der Waals surface area (Å²) in [6, 6.07) is 17.5. The van der Waals surface area contributed by atoms with Crippen LogP contribution in [0.1, 0.15) is 29.5 Å². The van der Waals surface area contributed by atoms with E-state index in [0.717, 1.165) is 38.1 Å². The maximum absolute atomic E-state index is 13.5. The van der Waals surface area contributed by atoms with Gasteiger partial charge in [0.15, 0.2) is 0 Å². The second kappa shape index (κ2) is 9.30. The second-order valence-electron chi connectivity index (χ2n) is 8.28. The lowest BCUT2D eigenvalue weighted by atomic mass is 9.74. The highest BCUT2D eigenvalue weighted by atomic mass is 19.4. The summed E-state index contributed by atoms with van der Waals surface area (Å²) in [6.07, 6.45) is -1.13. The molecule has 0 unspecified atom stereocenters. The topological polar surface area (TPSA) is 60.2 Å². The summed E-state index contributed by atoms with van der Waals surface area (Å²) in [7, 11) is 0. The van der Waals surface area contributed by atoms with Crippen molar-refractivity contribution in [3.05, 3.63) is 83.6 Å². The maximum Gasteiger partial charge on any atom is 0.416 e. The van der Waals surface area contributed by atoms with Gasteiger partial charge in [-0.15, -0.1) is 0 Å². The van der Waals surface area contributed by atoms with Crippen LogP contribution >= 0.6 is 0 Å². The third-order valence-corrected chi connectivity index (χ3v) is 6.03. The van der Waals surface area contributed by atoms with Crippen LogP contribution in [0.5, 0.6) is 0 Å². The normalized spacial score (nSPS) is 16.1. The maximum atomic E-state index is 13.5. The van der Waals surface area contributed by atoms with E-state index in [0.29, 0.717) is 29.1 Å². The standard InChI is InChI=1S/C25H26F3N3O/c26-25(27,28)22-13-18(12-20(14-22)19-6-7-23(29)31-15-19)16-32-17-24(8-10-30-11-9-24)21-4-2-1-3-5-21/h1-7,12-15,30H,8-11,16-17H2,(H2,29,31). The van der Waals surface area contributed by atoms with Gasteiger partial charge in [-0.2, -0.15) is 13.2 Å². The molecular weight excluding hydrogens is 415 g/mol. The van der Waals surface area contributed by atoms with Crippen molar-refractivity contribution in [3.63, 3.8) is 0 Å². The summed E-state index contributed by atoms with van der Waals surface area (Å²) in [5.74, 6) is 0.317. The van der Waals surface area contributed by atoms with Crippen molar-refractivity contribution in [3.8, 4) is 11.1 Å². The van der Waals surface area contributed by atoms with Gasteiger partial charge in [-0.05, 0) is 73.0 Å². The number of anilines is 1. The van der Waals surface area contributed by atoms with Gasteiger partial charge < -0.3 is 15.8 Å². The molecule has 1 aromatic heterocycles. The van der Waals surface area contributed by atoms with Gasteiger partial charge in [0, 0.05) is 17.2 Å². The van der Waals surface area contributed by atoms with Crippen LogP contribution in [0.4, 0.5) is 19.0 Å². The number of hydrogen-bond acceptors (Lipinski definition) is 4. The van der Waals surface area contributed by atoms with Crippen molar-refractivity contribution in [2.75, 3.05) is 25.4 Å². The van der Waals surface area contributed by atoms with Crippen LogP contribution in [0.15, 0.2) is 66.9 Å². The number of aromatic nitrogens is 1. The van der Waals surface area contributed by atoms with E-state index in [1.54, 1.807) is 18.2 Å². The number of nitrogen functional groups attached to an aromatic ring is 1. The molecule has 2 aromatic carbocycles. The molecule has 4 rings (SSSR count). The first-order chi connectivity index (χ1) is 15.4. The Morgan fingerprint density at radius 3 is 2.38 bits per heavy atom. The zero-order chi connectivity index (χ0) is 22.6. The summed E-state index contributed by atoms with van der Waals surface area (Å²) >= 11 is 0. The number of nitrogens with two attached hydrogens (primary N) is 1. The number of rotatable bonds is 6. The fourth-order valence-corrected chi connectivity index (χ4v) is 4.26. The monoisotopic (exact) mass is 441 g/mol. The Kier molecular flexibility index (Phi) is 6.48. The molecule has 0 bridgehead atoms. The Hall–Kier alpha value is -2.90. The van der Waals surface area contributed by atoms with Crippen LogP contribution in [-0.4, -0.2) is 24.7 Å². The number of halogens is 3. The molecule has 0 atom stereocenters. The van der Waals surface area contributed by atoms with Crippen LogP contribution < -0.4 is 11.1 Å². The zero-order valence-electron chi connectivity index (χ0n) is 17.7. The van der Waals surface area contributed by atoms with E-state index in [2.05, 4.69) is 22.4 Å². The van der Waals surface area contributed by atoms with Gasteiger partial charge in [-0.25, -0.2) is 4.98 Å². The number of hydrogen-bond donors (Lipinski definition) is 2. The van der Waals surface area contributed by atoms with Crippen molar-refractivity contribution in [2.24, 2.45) is 0 Å². The van der Waals surface area contributed by atoms with Crippen LogP contribution in [0, 0.1) is 0 Å². The Morgan fingerprint density at radius 2 is 1.72 bits per heavy atom. The highest BCUT2D eigenvalue weighted by molar-refractivity contribution is 5.65. The van der Waals surface area contributed by atoms with Gasteiger partial charge in [0.05, 0.1) is 18.8 Å². The molecule has 0 radical (unpaired) electrons. The molecule has 2 heterocycles. The first kappa shape index (κ1) is 22.3. The quantitative estimate of drug-likeness (QED) is 0.553. The summed E-state index contributed by atoms with van der Waals surface area (Å²) in [5, 5.41) is 3.38. The third kappa shape index (κ3) is 5.11. The van der Waals surface area contributed by atoms with Crippen molar-refractivity contribution in [1.29, 1.82) is 0 Å². The molecule has 1 aliphatic heterocycles. The summed E-state index contributed by atoms with van der Waals surface area (Å²) in [5.41, 5.74) is 7.46. The van der Waals surface area contributed by atoms with E-state index in [4.69, 9.17) is 10.5 Å². The van der Waals surface area contributed by atoms with Crippen molar-refractivity contribution in [2.45, 2.75) is 31.0 Å². The van der Waals surface area contributed by atoms with E-state index in [1.807, 2.05) is 18.2 Å². The van der Waals surface area contributed by atoms with E-state index >= 15 is 0 Å². The van der Waals surface area contributed by atoms with Crippen molar-refractivity contribution >= 4 is 5.82 Å². The van der Waals surface area contributed by atoms with Gasteiger partial charge in [-0.1, -0.05) is 30.3 Å². The smallest absolute Gasteiger partial charge is 0.384 e. The van der Waals surface area contributed by atoms with Gasteiger partial charge >= 0.3 is 6.18 Å². The highest BCUT2D eigenvalue weighted by Gasteiger charge is 2.34. The van der Waals surface area contributed by atoms with Crippen molar-refractivity contribution < 1.29 is 17.9 Å². The zero-order valence-corrected chi connectivity index (χ0v) is 17.7. The minimum absolute atomic E-state index is 0.0985. The molecule has 3 aromatic rings. The predicted molar refractivity (Wildman–Crippen MR) is 119 cm³/mol. The lowest BCUT2D eigenvalue weighted by Gasteiger charge is -2.38. The average Bonchev–Trinajstić information content (AvgIpc) is 2.80. The summed E-state index contributed by atoms with van der Waals surface area (Å²) < 4.78 is 46.7. The lowest BCUT2D eigenvalue weighted by molar-refractivity contribution is -0.137. The second-order valence-corrected chi connectivity index (χ2v) is 8.28. The molecule has 168 valence electrons. The molecule has 1 fully saturated rings. The van der Waals surface area contributed by atoms with Crippen LogP contribution in [0.3, 0.4) is 0 Å². The van der Waals surface area contributed by atoms with Crippen LogP contribution in [0.2, 0.25) is 0 Å². The number of benzene rings is 2. The number of alkyl halides is 3. The molecule has 1 aliphatic rings. The van der Waals surface area contributed by atoms with Gasteiger partial charge in [0.25, 0.3) is 0 Å². The molecule has 1 saturated heterocycles. The van der Waals surface area contributed by atoms with E-state index < -0.39 is 11.7 Å². The Bertz CT molecular complexity index is 1030. The first-order valence-corrected chi connectivity index (χ1v) is 10.6. The minimum atomic E-state index is -4.45. The minimum Gasteiger partial charge on any atom is -0.384 e. The summed E-state index contributed by atoms with van der Waals surface area (Å²) in [6.45, 7) is 2.32. The van der Waals surface area contributed by atoms with E-state index in [1.165, 1.54) is 11.8 Å². The molecule has 0 spiro atoms. The number of nitrogens with zero attached hydrogens (tertiary/aromatic N) is 1. The van der Waals surface area contributed by atoms with Crippen molar-refractivity contribution in [1.82, 2.24) is 10.3 Å². The molecule has 4 nitrogen and oxygen atoms in total. The summed E-state index contributed by atoms with van der Waals surface area (Å²) in [4.78, 5) is 4.00. The van der Waals surface area contributed by atoms with Gasteiger partial charge in [0.2, 0.25) is 0 Å². The Morgan fingerprint density at radius 1 is 0.969 bits per heavy atom. The largest absolute Gasteiger partial charge is 0.416 e. The average molecular weight is 441 g/mol. The SMILES string of the molecule is Nc1ccc(-c2cc(COCC3(c4ccccc4)CCNCC3)cc(C(F)(F)F)c2)cn1. The van der Waals surface area contributed by atoms with E-state index in [-0.39, 0.29) is 12.0 Å². The molecule has 0 amide bonds. The molecule has 0 aliphatic carbocycles. The Balaban J connectivity index is 1.56. The molecule has 3 N–H and O–H groups in total. The van der Waals surface area contributed by atoms with Crippen LogP contribution in [0.25, 0.3) is 11.1 Å². The number of pyridine rings is 1. The van der Waals surface area contributed by atoms with Crippen LogP contribution in [-0.2, 0) is 22.9 Å². The van der Waals surface area contributed by atoms with Gasteiger partial charge in [0.1, 0.15) is 5.82 Å². The molecule has 32 heavy (non-hydrogen) atoms. The molecule has 0 saturated carbocycles. The fourth-order valence-electron chi connectivity index (χ4n) is 4.26. The third-order valence-electron chi connectivity index (χ3n) is 6.03. The fraction of sp³-hybridized carbons (Fsp3) is 0.320. The van der Waals surface area contributed by atoms with E-state index in [9.17, 15) is 13.2 Å².